The third kappa shape index (κ3) is 1.46. The van der Waals surface area contributed by atoms with Crippen molar-refractivity contribution in [2.24, 2.45) is 0 Å². The van der Waals surface area contributed by atoms with Crippen molar-refractivity contribution < 1.29 is 4.74 Å². The average molecular weight is 212 g/mol. The third-order valence-corrected chi connectivity index (χ3v) is 2.67. The Kier molecular flexibility index (Phi) is 1.96. The number of anilines is 1. The van der Waals surface area contributed by atoms with Gasteiger partial charge in [-0.25, -0.2) is 0 Å². The van der Waals surface area contributed by atoms with Crippen LogP contribution in [0.1, 0.15) is 5.56 Å². The second-order valence-electron chi connectivity index (χ2n) is 3.82. The molecule has 0 saturated carbocycles. The molecule has 0 saturated heterocycles. The van der Waals surface area contributed by atoms with E-state index in [0.717, 1.165) is 22.6 Å². The SMILES string of the molecule is Nc1ccc(C2=CC3=CC=CNC3O2)cc1. The molecule has 1 aromatic rings. The van der Waals surface area contributed by atoms with E-state index >= 15 is 0 Å². The molecular weight excluding hydrogens is 200 g/mol. The molecule has 0 amide bonds. The monoisotopic (exact) mass is 212 g/mol. The number of nitrogen functional groups attached to an aromatic ring is 1. The largest absolute Gasteiger partial charge is 0.466 e. The van der Waals surface area contributed by atoms with E-state index < -0.39 is 0 Å². The van der Waals surface area contributed by atoms with Gasteiger partial charge in [0.15, 0.2) is 6.23 Å². The van der Waals surface area contributed by atoms with E-state index in [0.29, 0.717) is 0 Å². The van der Waals surface area contributed by atoms with Gasteiger partial charge in [0, 0.05) is 16.8 Å². The minimum absolute atomic E-state index is 0.0439. The van der Waals surface area contributed by atoms with Crippen LogP contribution in [0.25, 0.3) is 5.76 Å². The molecule has 1 aromatic carbocycles. The van der Waals surface area contributed by atoms with Crippen molar-refractivity contribution >= 4 is 11.4 Å². The summed E-state index contributed by atoms with van der Waals surface area (Å²) < 4.78 is 5.78. The van der Waals surface area contributed by atoms with Gasteiger partial charge in [0.1, 0.15) is 5.76 Å². The minimum Gasteiger partial charge on any atom is -0.466 e. The number of fused-ring (bicyclic) bond motifs is 1. The van der Waals surface area contributed by atoms with E-state index in [9.17, 15) is 0 Å². The quantitative estimate of drug-likeness (QED) is 0.700. The fraction of sp³-hybridized carbons (Fsp3) is 0.0769. The maximum atomic E-state index is 5.78. The summed E-state index contributed by atoms with van der Waals surface area (Å²) in [5, 5.41) is 3.14. The van der Waals surface area contributed by atoms with Gasteiger partial charge in [-0.3, -0.25) is 0 Å². The second-order valence-corrected chi connectivity index (χ2v) is 3.82. The minimum atomic E-state index is -0.0439. The molecule has 80 valence electrons. The molecule has 2 heterocycles. The van der Waals surface area contributed by atoms with Crippen LogP contribution >= 0.6 is 0 Å². The Morgan fingerprint density at radius 1 is 1.19 bits per heavy atom. The Labute approximate surface area is 93.9 Å². The molecule has 2 aliphatic rings. The van der Waals surface area contributed by atoms with Gasteiger partial charge in [0.25, 0.3) is 0 Å². The molecular formula is C13H12N2O. The van der Waals surface area contributed by atoms with E-state index in [2.05, 4.69) is 5.32 Å². The smallest absolute Gasteiger partial charge is 0.196 e. The maximum absolute atomic E-state index is 5.78. The van der Waals surface area contributed by atoms with Crippen LogP contribution in [0, 0.1) is 0 Å². The van der Waals surface area contributed by atoms with Gasteiger partial charge >= 0.3 is 0 Å². The number of hydrogen-bond acceptors (Lipinski definition) is 3. The van der Waals surface area contributed by atoms with Crippen molar-refractivity contribution in [3.8, 4) is 0 Å². The molecule has 0 aliphatic carbocycles. The fourth-order valence-corrected chi connectivity index (χ4v) is 1.82. The Morgan fingerprint density at radius 3 is 2.75 bits per heavy atom. The first kappa shape index (κ1) is 9.09. The summed E-state index contributed by atoms with van der Waals surface area (Å²) >= 11 is 0. The highest BCUT2D eigenvalue weighted by molar-refractivity contribution is 5.68. The summed E-state index contributed by atoms with van der Waals surface area (Å²) in [4.78, 5) is 0. The van der Waals surface area contributed by atoms with E-state index in [4.69, 9.17) is 10.5 Å². The number of dihydropyridines is 1. The van der Waals surface area contributed by atoms with Crippen molar-refractivity contribution in [2.75, 3.05) is 5.73 Å². The summed E-state index contributed by atoms with van der Waals surface area (Å²) in [6.07, 6.45) is 7.90. The fourth-order valence-electron chi connectivity index (χ4n) is 1.82. The molecule has 3 nitrogen and oxygen atoms in total. The molecule has 3 N–H and O–H groups in total. The molecule has 0 radical (unpaired) electrons. The number of hydrogen-bond donors (Lipinski definition) is 2. The lowest BCUT2D eigenvalue weighted by Gasteiger charge is -2.16. The summed E-state index contributed by atoms with van der Waals surface area (Å²) in [6, 6.07) is 7.68. The summed E-state index contributed by atoms with van der Waals surface area (Å²) in [5.74, 6) is 0.882. The first-order chi connectivity index (χ1) is 7.83. The molecule has 3 rings (SSSR count). The van der Waals surface area contributed by atoms with Crippen LogP contribution in [0.15, 0.2) is 54.3 Å². The number of nitrogens with two attached hydrogens (primary N) is 1. The number of allylic oxidation sites excluding steroid dienone is 2. The Morgan fingerprint density at radius 2 is 2.00 bits per heavy atom. The lowest BCUT2D eigenvalue weighted by atomic mass is 10.1. The zero-order valence-electron chi connectivity index (χ0n) is 8.68. The number of rotatable bonds is 1. The van der Waals surface area contributed by atoms with Crippen LogP contribution in [0.4, 0.5) is 5.69 Å². The van der Waals surface area contributed by atoms with Crippen LogP contribution in [0.2, 0.25) is 0 Å². The first-order valence-electron chi connectivity index (χ1n) is 5.20. The standard InChI is InChI=1S/C13H12N2O/c14-11-5-3-9(4-6-11)12-8-10-2-1-7-15-13(10)16-12/h1-8,13,15H,14H2. The van der Waals surface area contributed by atoms with Crippen molar-refractivity contribution in [3.05, 3.63) is 59.8 Å². The zero-order chi connectivity index (χ0) is 11.0. The third-order valence-electron chi connectivity index (χ3n) is 2.67. The molecule has 0 spiro atoms. The second kappa shape index (κ2) is 3.45. The molecule has 2 aliphatic heterocycles. The van der Waals surface area contributed by atoms with Gasteiger partial charge in [-0.05, 0) is 42.6 Å². The van der Waals surface area contributed by atoms with Crippen LogP contribution in [0.5, 0.6) is 0 Å². The van der Waals surface area contributed by atoms with E-state index in [1.807, 2.05) is 48.7 Å². The van der Waals surface area contributed by atoms with E-state index in [1.54, 1.807) is 0 Å². The van der Waals surface area contributed by atoms with Crippen molar-refractivity contribution in [1.29, 1.82) is 0 Å². The van der Waals surface area contributed by atoms with Gasteiger partial charge in [-0.15, -0.1) is 0 Å². The van der Waals surface area contributed by atoms with Gasteiger partial charge in [0.05, 0.1) is 0 Å². The highest BCUT2D eigenvalue weighted by Gasteiger charge is 2.23. The molecule has 3 heteroatoms. The lowest BCUT2D eigenvalue weighted by Crippen LogP contribution is -2.26. The normalized spacial score (nSPS) is 21.6. The van der Waals surface area contributed by atoms with Crippen LogP contribution < -0.4 is 11.1 Å². The summed E-state index contributed by atoms with van der Waals surface area (Å²) in [7, 11) is 0. The van der Waals surface area contributed by atoms with E-state index in [1.165, 1.54) is 0 Å². The molecule has 16 heavy (non-hydrogen) atoms. The Balaban J connectivity index is 1.93. The number of ether oxygens (including phenoxy) is 1. The maximum Gasteiger partial charge on any atom is 0.196 e. The van der Waals surface area contributed by atoms with Gasteiger partial charge < -0.3 is 15.8 Å². The predicted molar refractivity (Wildman–Crippen MR) is 64.1 cm³/mol. The predicted octanol–water partition coefficient (Wildman–Crippen LogP) is 2.01. The topological polar surface area (TPSA) is 47.3 Å². The van der Waals surface area contributed by atoms with Gasteiger partial charge in [-0.2, -0.15) is 0 Å². The van der Waals surface area contributed by atoms with E-state index in [-0.39, 0.29) is 6.23 Å². The molecule has 1 atom stereocenters. The van der Waals surface area contributed by atoms with Crippen LogP contribution in [-0.4, -0.2) is 6.23 Å². The first-order valence-corrected chi connectivity index (χ1v) is 5.20. The molecule has 0 fully saturated rings. The molecule has 0 bridgehead atoms. The Bertz CT molecular complexity index is 497. The Hall–Kier alpha value is -2.16. The highest BCUT2D eigenvalue weighted by atomic mass is 16.5. The van der Waals surface area contributed by atoms with Crippen molar-refractivity contribution in [3.63, 3.8) is 0 Å². The zero-order valence-corrected chi connectivity index (χ0v) is 8.68. The molecule has 0 aromatic heterocycles. The molecule has 1 unspecified atom stereocenters. The average Bonchev–Trinajstić information content (AvgIpc) is 2.73. The van der Waals surface area contributed by atoms with Crippen LogP contribution in [-0.2, 0) is 4.74 Å². The summed E-state index contributed by atoms with van der Waals surface area (Å²) in [6.45, 7) is 0. The highest BCUT2D eigenvalue weighted by Crippen LogP contribution is 2.30. The lowest BCUT2D eigenvalue weighted by molar-refractivity contribution is 0.198. The van der Waals surface area contributed by atoms with Crippen molar-refractivity contribution in [1.82, 2.24) is 5.32 Å². The van der Waals surface area contributed by atoms with Gasteiger partial charge in [0.2, 0.25) is 0 Å². The van der Waals surface area contributed by atoms with Gasteiger partial charge in [-0.1, -0.05) is 6.08 Å². The van der Waals surface area contributed by atoms with Crippen molar-refractivity contribution in [2.45, 2.75) is 6.23 Å². The summed E-state index contributed by atoms with van der Waals surface area (Å²) in [5.41, 5.74) is 8.61. The number of nitrogens with one attached hydrogen (secondary N) is 1. The number of benzene rings is 1. The van der Waals surface area contributed by atoms with Crippen LogP contribution in [0.3, 0.4) is 0 Å².